The van der Waals surface area contributed by atoms with Crippen molar-refractivity contribution in [1.82, 2.24) is 0 Å². The number of rotatable bonds is 6. The highest BCUT2D eigenvalue weighted by Crippen LogP contribution is 2.26. The van der Waals surface area contributed by atoms with Gasteiger partial charge >= 0.3 is 0 Å². The minimum Gasteiger partial charge on any atom is -0.496 e. The number of aliphatic hydroxyl groups excluding tert-OH is 1. The van der Waals surface area contributed by atoms with Crippen molar-refractivity contribution in [3.05, 3.63) is 59.7 Å². The first-order chi connectivity index (χ1) is 9.70. The Kier molecular flexibility index (Phi) is 5.02. The van der Waals surface area contributed by atoms with Crippen LogP contribution in [0.5, 0.6) is 11.5 Å². The number of ether oxygens (including phenoxy) is 2. The number of para-hydroxylation sites is 1. The lowest BCUT2D eigenvalue weighted by atomic mass is 10.1. The van der Waals surface area contributed by atoms with Gasteiger partial charge in [0.05, 0.1) is 19.8 Å². The molecule has 1 atom stereocenters. The number of methoxy groups -OCH3 is 1. The summed E-state index contributed by atoms with van der Waals surface area (Å²) in [4.78, 5) is 0. The van der Waals surface area contributed by atoms with Crippen molar-refractivity contribution in [2.45, 2.75) is 19.4 Å². The zero-order valence-electron chi connectivity index (χ0n) is 11.9. The molecule has 106 valence electrons. The van der Waals surface area contributed by atoms with Crippen LogP contribution in [0.4, 0.5) is 0 Å². The quantitative estimate of drug-likeness (QED) is 0.874. The Morgan fingerprint density at radius 3 is 2.65 bits per heavy atom. The molecule has 3 nitrogen and oxygen atoms in total. The van der Waals surface area contributed by atoms with Gasteiger partial charge in [0.25, 0.3) is 0 Å². The predicted molar refractivity (Wildman–Crippen MR) is 79.2 cm³/mol. The van der Waals surface area contributed by atoms with Crippen LogP contribution in [-0.2, 0) is 0 Å². The molecule has 3 heteroatoms. The van der Waals surface area contributed by atoms with Crippen molar-refractivity contribution in [2.24, 2.45) is 0 Å². The van der Waals surface area contributed by atoms with Crippen LogP contribution in [0.25, 0.3) is 0 Å². The highest BCUT2D eigenvalue weighted by atomic mass is 16.5. The lowest BCUT2D eigenvalue weighted by Gasteiger charge is -2.15. The average molecular weight is 272 g/mol. The molecule has 0 heterocycles. The van der Waals surface area contributed by atoms with Crippen LogP contribution >= 0.6 is 0 Å². The van der Waals surface area contributed by atoms with Crippen molar-refractivity contribution < 1.29 is 14.6 Å². The molecule has 0 spiro atoms. The molecule has 0 saturated heterocycles. The van der Waals surface area contributed by atoms with Crippen LogP contribution < -0.4 is 9.47 Å². The fourth-order valence-corrected chi connectivity index (χ4v) is 2.09. The van der Waals surface area contributed by atoms with Crippen LogP contribution in [-0.4, -0.2) is 18.8 Å². The third kappa shape index (κ3) is 3.75. The van der Waals surface area contributed by atoms with Gasteiger partial charge in [0.1, 0.15) is 11.5 Å². The van der Waals surface area contributed by atoms with Crippen molar-refractivity contribution in [3.8, 4) is 11.5 Å². The van der Waals surface area contributed by atoms with Gasteiger partial charge in [-0.1, -0.05) is 30.3 Å². The van der Waals surface area contributed by atoms with Gasteiger partial charge in [0.2, 0.25) is 0 Å². The summed E-state index contributed by atoms with van der Waals surface area (Å²) in [5.74, 6) is 1.53. The summed E-state index contributed by atoms with van der Waals surface area (Å²) < 4.78 is 10.9. The summed E-state index contributed by atoms with van der Waals surface area (Å²) in [6.07, 6.45) is -0.0649. The molecular weight excluding hydrogens is 252 g/mol. The van der Waals surface area contributed by atoms with Gasteiger partial charge in [0.15, 0.2) is 0 Å². The SMILES string of the molecule is COc1ccccc1C(O)CCOc1cccc(C)c1. The van der Waals surface area contributed by atoms with Crippen LogP contribution in [0.15, 0.2) is 48.5 Å². The van der Waals surface area contributed by atoms with Gasteiger partial charge < -0.3 is 14.6 Å². The van der Waals surface area contributed by atoms with E-state index in [0.717, 1.165) is 16.9 Å². The van der Waals surface area contributed by atoms with Crippen molar-refractivity contribution in [2.75, 3.05) is 13.7 Å². The molecule has 20 heavy (non-hydrogen) atoms. The number of hydrogen-bond donors (Lipinski definition) is 1. The van der Waals surface area contributed by atoms with Gasteiger partial charge in [-0.25, -0.2) is 0 Å². The summed E-state index contributed by atoms with van der Waals surface area (Å²) >= 11 is 0. The highest BCUT2D eigenvalue weighted by molar-refractivity contribution is 5.35. The van der Waals surface area contributed by atoms with E-state index in [1.165, 1.54) is 0 Å². The fraction of sp³-hybridized carbons (Fsp3) is 0.294. The van der Waals surface area contributed by atoms with E-state index < -0.39 is 6.10 Å². The molecular formula is C17H20O3. The molecule has 0 saturated carbocycles. The van der Waals surface area contributed by atoms with Gasteiger partial charge in [0, 0.05) is 12.0 Å². The molecule has 2 aromatic rings. The predicted octanol–water partition coefficient (Wildman–Crippen LogP) is 3.51. The van der Waals surface area contributed by atoms with Gasteiger partial charge in [-0.3, -0.25) is 0 Å². The number of aliphatic hydroxyl groups is 1. The molecule has 1 unspecified atom stereocenters. The Hall–Kier alpha value is -2.00. The number of benzene rings is 2. The minimum absolute atomic E-state index is 0.461. The highest BCUT2D eigenvalue weighted by Gasteiger charge is 2.12. The maximum Gasteiger partial charge on any atom is 0.124 e. The molecule has 2 aromatic carbocycles. The van der Waals surface area contributed by atoms with E-state index in [9.17, 15) is 5.11 Å². The Morgan fingerprint density at radius 1 is 1.10 bits per heavy atom. The lowest BCUT2D eigenvalue weighted by molar-refractivity contribution is 0.137. The average Bonchev–Trinajstić information content (AvgIpc) is 2.47. The maximum absolute atomic E-state index is 10.2. The largest absolute Gasteiger partial charge is 0.496 e. The zero-order valence-corrected chi connectivity index (χ0v) is 11.9. The van der Waals surface area contributed by atoms with E-state index in [1.807, 2.05) is 55.5 Å². The molecule has 0 aliphatic carbocycles. The third-order valence-electron chi connectivity index (χ3n) is 3.15. The second-order valence-electron chi connectivity index (χ2n) is 4.71. The third-order valence-corrected chi connectivity index (χ3v) is 3.15. The molecule has 0 aliphatic rings. The smallest absolute Gasteiger partial charge is 0.124 e. The van der Waals surface area contributed by atoms with E-state index in [0.29, 0.717) is 18.8 Å². The second kappa shape index (κ2) is 6.96. The van der Waals surface area contributed by atoms with E-state index >= 15 is 0 Å². The van der Waals surface area contributed by atoms with Crippen LogP contribution in [0.3, 0.4) is 0 Å². The molecule has 0 aromatic heterocycles. The molecule has 0 amide bonds. The molecule has 0 bridgehead atoms. The van der Waals surface area contributed by atoms with E-state index in [-0.39, 0.29) is 0 Å². The number of hydrogen-bond acceptors (Lipinski definition) is 3. The Morgan fingerprint density at radius 2 is 1.90 bits per heavy atom. The van der Waals surface area contributed by atoms with Crippen molar-refractivity contribution in [3.63, 3.8) is 0 Å². The number of aryl methyl sites for hydroxylation is 1. The second-order valence-corrected chi connectivity index (χ2v) is 4.71. The van der Waals surface area contributed by atoms with Crippen LogP contribution in [0, 0.1) is 6.92 Å². The lowest BCUT2D eigenvalue weighted by Crippen LogP contribution is -2.06. The fourth-order valence-electron chi connectivity index (χ4n) is 2.09. The summed E-state index contributed by atoms with van der Waals surface area (Å²) in [5, 5.41) is 10.2. The summed E-state index contributed by atoms with van der Waals surface area (Å²) in [7, 11) is 1.61. The molecule has 0 fully saturated rings. The van der Waals surface area contributed by atoms with Gasteiger partial charge in [-0.2, -0.15) is 0 Å². The van der Waals surface area contributed by atoms with E-state index in [2.05, 4.69) is 0 Å². The zero-order chi connectivity index (χ0) is 14.4. The molecule has 2 rings (SSSR count). The van der Waals surface area contributed by atoms with Crippen molar-refractivity contribution in [1.29, 1.82) is 0 Å². The Bertz CT molecular complexity index is 551. The standard InChI is InChI=1S/C17H20O3/c1-13-6-5-7-14(12-13)20-11-10-16(18)15-8-3-4-9-17(15)19-2/h3-9,12,16,18H,10-11H2,1-2H3. The van der Waals surface area contributed by atoms with E-state index in [1.54, 1.807) is 7.11 Å². The first-order valence-corrected chi connectivity index (χ1v) is 6.71. The van der Waals surface area contributed by atoms with Crippen LogP contribution in [0.2, 0.25) is 0 Å². The van der Waals surface area contributed by atoms with E-state index in [4.69, 9.17) is 9.47 Å². The molecule has 1 N–H and O–H groups in total. The van der Waals surface area contributed by atoms with Crippen molar-refractivity contribution >= 4 is 0 Å². The Balaban J connectivity index is 1.90. The summed E-state index contributed by atoms with van der Waals surface area (Å²) in [5.41, 5.74) is 1.95. The normalized spacial score (nSPS) is 11.9. The van der Waals surface area contributed by atoms with Gasteiger partial charge in [-0.05, 0) is 30.7 Å². The first kappa shape index (κ1) is 14.4. The topological polar surface area (TPSA) is 38.7 Å². The minimum atomic E-state index is -0.587. The molecule has 0 aliphatic heterocycles. The summed E-state index contributed by atoms with van der Waals surface area (Å²) in [6, 6.07) is 15.4. The maximum atomic E-state index is 10.2. The molecule has 0 radical (unpaired) electrons. The monoisotopic (exact) mass is 272 g/mol. The Labute approximate surface area is 119 Å². The summed E-state index contributed by atoms with van der Waals surface area (Å²) in [6.45, 7) is 2.49. The van der Waals surface area contributed by atoms with Gasteiger partial charge in [-0.15, -0.1) is 0 Å². The first-order valence-electron chi connectivity index (χ1n) is 6.71. The van der Waals surface area contributed by atoms with Crippen LogP contribution in [0.1, 0.15) is 23.7 Å².